The van der Waals surface area contributed by atoms with Crippen molar-refractivity contribution in [3.8, 4) is 16.9 Å². The Morgan fingerprint density at radius 2 is 1.70 bits per heavy atom. The molecule has 0 spiro atoms. The molecule has 1 fully saturated rings. The first-order chi connectivity index (χ1) is 30.9. The molecule has 1 amide bonds. The Morgan fingerprint density at radius 1 is 0.985 bits per heavy atom. The fourth-order valence-electron chi connectivity index (χ4n) is 8.53. The molecule has 1 saturated carbocycles. The lowest BCUT2D eigenvalue weighted by Gasteiger charge is -2.24. The predicted molar refractivity (Wildman–Crippen MR) is 216 cm³/mol. The Morgan fingerprint density at radius 3 is 2.36 bits per heavy atom. The predicted octanol–water partition coefficient (Wildman–Crippen LogP) is 8.24. The van der Waals surface area contributed by atoms with Gasteiger partial charge in [-0.05, 0) is 66.4 Å². The zero-order valence-corrected chi connectivity index (χ0v) is 35.1. The van der Waals surface area contributed by atoms with E-state index < -0.39 is 117 Å². The molecule has 0 aliphatic heterocycles. The number of benzene rings is 3. The molecular weight excluding hydrogens is 940 g/mol. The molecular formula is C41H28ClF10N9O4S. The first-order valence-corrected chi connectivity index (χ1v) is 21.6. The number of pyridine rings is 1. The summed E-state index contributed by atoms with van der Waals surface area (Å²) < 4.78 is 175. The van der Waals surface area contributed by atoms with E-state index >= 15 is 13.2 Å². The first kappa shape index (κ1) is 44.6. The Hall–Kier alpha value is -6.56. The van der Waals surface area contributed by atoms with Crippen molar-refractivity contribution in [2.45, 2.75) is 49.9 Å². The first-order valence-electron chi connectivity index (χ1n) is 19.4. The van der Waals surface area contributed by atoms with Gasteiger partial charge in [0.05, 0.1) is 44.8 Å². The minimum atomic E-state index is -5.00. The Balaban J connectivity index is 1.27. The lowest BCUT2D eigenvalue weighted by Crippen LogP contribution is -2.38. The highest BCUT2D eigenvalue weighted by Gasteiger charge is 2.67. The van der Waals surface area contributed by atoms with Gasteiger partial charge in [0, 0.05) is 36.6 Å². The van der Waals surface area contributed by atoms with Crippen LogP contribution in [0.15, 0.2) is 65.5 Å². The molecule has 344 valence electrons. The third kappa shape index (κ3) is 7.77. The van der Waals surface area contributed by atoms with Gasteiger partial charge in [-0.2, -0.15) is 32.1 Å². The standard InChI is InChI=1S/C41H28ClF10N9O4S/c1-59-34-27(7-5-23(42)31(34)37(57-59)58-66(2,64)65)61-38(54-25-12-17(3-4-20(25)39(61)63)32-24(45)6-8-28(55-32)41(50,51)52)26(11-16-9-18(43)13-19(44)10-16)53-29(62)15-60-35-30(33(56-60)36(46)47)21-14-22(21)40(35,48)49/h3-10,12-13,21-22,26,36H,11,14-15H2,1-2H3,(H,53,62)(H,57,58)/t21-,22+,26-/m0/s1. The van der Waals surface area contributed by atoms with Crippen LogP contribution >= 0.6 is 11.6 Å². The van der Waals surface area contributed by atoms with Crippen molar-refractivity contribution in [1.82, 2.24) is 39.4 Å². The summed E-state index contributed by atoms with van der Waals surface area (Å²) in [5.74, 6) is -11.2. The van der Waals surface area contributed by atoms with Gasteiger partial charge >= 0.3 is 6.18 Å². The number of alkyl halides is 7. The highest BCUT2D eigenvalue weighted by atomic mass is 35.5. The van der Waals surface area contributed by atoms with Gasteiger partial charge in [-0.3, -0.25) is 28.2 Å². The van der Waals surface area contributed by atoms with Gasteiger partial charge in [-0.15, -0.1) is 0 Å². The van der Waals surface area contributed by atoms with E-state index in [1.54, 1.807) is 0 Å². The molecule has 13 nitrogen and oxygen atoms in total. The molecule has 2 N–H and O–H groups in total. The zero-order chi connectivity index (χ0) is 47.5. The zero-order valence-electron chi connectivity index (χ0n) is 33.5. The minimum absolute atomic E-state index is 0.0423. The topological polar surface area (TPSA) is 159 Å². The van der Waals surface area contributed by atoms with Crippen molar-refractivity contribution in [3.05, 3.63) is 128 Å². The second-order valence-electron chi connectivity index (χ2n) is 15.8. The van der Waals surface area contributed by atoms with Crippen molar-refractivity contribution >= 4 is 55.2 Å². The number of halogens is 11. The average molecular weight is 968 g/mol. The number of aryl methyl sites for hydroxylation is 1. The highest BCUT2D eigenvalue weighted by Crippen LogP contribution is 2.68. The number of nitrogens with one attached hydrogen (secondary N) is 2. The fraction of sp³-hybridized carbons (Fsp3) is 0.268. The van der Waals surface area contributed by atoms with E-state index in [0.29, 0.717) is 22.9 Å². The molecule has 25 heteroatoms. The van der Waals surface area contributed by atoms with Crippen LogP contribution in [0.1, 0.15) is 58.8 Å². The molecule has 4 aromatic heterocycles. The molecule has 3 aromatic carbocycles. The maximum Gasteiger partial charge on any atom is 0.433 e. The quantitative estimate of drug-likeness (QED) is 0.123. The molecule has 0 saturated heterocycles. The van der Waals surface area contributed by atoms with Crippen LogP contribution in [-0.4, -0.2) is 54.7 Å². The lowest BCUT2D eigenvalue weighted by molar-refractivity contribution is -0.141. The fourth-order valence-corrected chi connectivity index (χ4v) is 9.27. The maximum atomic E-state index is 15.5. The number of nitrogens with zero attached hydrogens (tertiary/aromatic N) is 7. The highest BCUT2D eigenvalue weighted by molar-refractivity contribution is 7.92. The van der Waals surface area contributed by atoms with Crippen LogP contribution in [-0.2, 0) is 46.9 Å². The van der Waals surface area contributed by atoms with Gasteiger partial charge in [0.1, 0.15) is 52.6 Å². The van der Waals surface area contributed by atoms with Gasteiger partial charge in [-0.1, -0.05) is 17.7 Å². The summed E-state index contributed by atoms with van der Waals surface area (Å²) in [5.41, 5.74) is -6.52. The summed E-state index contributed by atoms with van der Waals surface area (Å²) in [6.07, 6.45) is -8.18. The Labute approximate surface area is 369 Å². The number of amides is 1. The summed E-state index contributed by atoms with van der Waals surface area (Å²) in [6, 6.07) is 7.16. The third-order valence-corrected chi connectivity index (χ3v) is 12.1. The van der Waals surface area contributed by atoms with Crippen LogP contribution in [0.2, 0.25) is 5.02 Å². The molecule has 0 unspecified atom stereocenters. The van der Waals surface area contributed by atoms with Crippen LogP contribution in [0.4, 0.5) is 49.7 Å². The monoisotopic (exact) mass is 967 g/mol. The van der Waals surface area contributed by atoms with Crippen LogP contribution in [0, 0.1) is 23.4 Å². The lowest BCUT2D eigenvalue weighted by atomic mass is 10.0. The Bertz CT molecular complexity index is 3360. The smallest absolute Gasteiger partial charge is 0.344 e. The van der Waals surface area contributed by atoms with Crippen LogP contribution in [0.3, 0.4) is 0 Å². The summed E-state index contributed by atoms with van der Waals surface area (Å²) in [5, 5.41) is 9.97. The van der Waals surface area contributed by atoms with E-state index in [4.69, 9.17) is 11.6 Å². The van der Waals surface area contributed by atoms with Gasteiger partial charge in [0.15, 0.2) is 5.82 Å². The number of aromatic nitrogens is 7. The van der Waals surface area contributed by atoms with Gasteiger partial charge in [0.25, 0.3) is 17.9 Å². The molecule has 9 rings (SSSR count). The van der Waals surface area contributed by atoms with Gasteiger partial charge < -0.3 is 5.32 Å². The van der Waals surface area contributed by atoms with Gasteiger partial charge in [-0.25, -0.2) is 40.3 Å². The van der Waals surface area contributed by atoms with E-state index in [1.165, 1.54) is 19.2 Å². The number of hydrogen-bond donors (Lipinski definition) is 2. The second kappa shape index (κ2) is 15.5. The van der Waals surface area contributed by atoms with Crippen LogP contribution < -0.4 is 15.6 Å². The molecule has 66 heavy (non-hydrogen) atoms. The molecule has 2 aliphatic rings. The summed E-state index contributed by atoms with van der Waals surface area (Å²) in [6.45, 7) is -1.12. The maximum absolute atomic E-state index is 15.5. The molecule has 4 heterocycles. The molecule has 7 aromatic rings. The van der Waals surface area contributed by atoms with Crippen molar-refractivity contribution in [2.24, 2.45) is 13.0 Å². The molecule has 3 atom stereocenters. The number of rotatable bonds is 11. The van der Waals surface area contributed by atoms with E-state index in [0.717, 1.165) is 45.8 Å². The number of anilines is 1. The summed E-state index contributed by atoms with van der Waals surface area (Å²) in [7, 11) is -2.66. The van der Waals surface area contributed by atoms with E-state index in [2.05, 4.69) is 30.2 Å². The van der Waals surface area contributed by atoms with Gasteiger partial charge in [0.2, 0.25) is 15.9 Å². The number of carbonyl (C=O) groups excluding carboxylic acids is 1. The van der Waals surface area contributed by atoms with Crippen molar-refractivity contribution in [3.63, 3.8) is 0 Å². The number of hydrogen-bond acceptors (Lipinski definition) is 8. The number of fused-ring (bicyclic) bond motifs is 5. The molecule has 0 bridgehead atoms. The normalized spacial score (nSPS) is 17.1. The van der Waals surface area contributed by atoms with Crippen molar-refractivity contribution < 1.29 is 57.1 Å². The van der Waals surface area contributed by atoms with Crippen LogP contribution in [0.5, 0.6) is 0 Å². The molecule has 0 radical (unpaired) electrons. The minimum Gasteiger partial charge on any atom is -0.344 e. The summed E-state index contributed by atoms with van der Waals surface area (Å²) in [4.78, 5) is 37.2. The third-order valence-electron chi connectivity index (χ3n) is 11.2. The second-order valence-corrected chi connectivity index (χ2v) is 17.9. The largest absolute Gasteiger partial charge is 0.433 e. The van der Waals surface area contributed by atoms with E-state index in [1.807, 2.05) is 0 Å². The van der Waals surface area contributed by atoms with Crippen LogP contribution in [0.25, 0.3) is 38.8 Å². The number of sulfonamides is 1. The van der Waals surface area contributed by atoms with E-state index in [9.17, 15) is 48.7 Å². The van der Waals surface area contributed by atoms with E-state index in [-0.39, 0.29) is 61.4 Å². The SMILES string of the molecule is Cn1nc(NS(C)(=O)=O)c2c(Cl)ccc(-n3c([C@H](Cc4cc(F)cc(F)c4)NC(=O)Cn4nc(C(F)F)c5c4C(F)(F)[C@@H]4C[C@H]54)nc4cc(-c5nc(C(F)(F)F)ccc5F)ccc4c3=O)c21. The van der Waals surface area contributed by atoms with Crippen molar-refractivity contribution in [2.75, 3.05) is 11.0 Å². The van der Waals surface area contributed by atoms with Crippen molar-refractivity contribution in [1.29, 1.82) is 0 Å². The Kier molecular flexibility index (Phi) is 10.5. The summed E-state index contributed by atoms with van der Waals surface area (Å²) >= 11 is 6.57. The molecule has 2 aliphatic carbocycles. The number of carbonyl (C=O) groups is 1. The average Bonchev–Trinajstić information content (AvgIpc) is 3.75.